The smallest absolute Gasteiger partial charge is 0.189 e. The molecule has 1 saturated heterocycles. The van der Waals surface area contributed by atoms with Gasteiger partial charge in [-0.15, -0.1) is 11.3 Å². The Balaban J connectivity index is 1.90. The maximum absolute atomic E-state index is 12.3. The van der Waals surface area contributed by atoms with E-state index in [0.717, 1.165) is 37.4 Å². The first-order chi connectivity index (χ1) is 9.11. The molecule has 0 spiro atoms. The van der Waals surface area contributed by atoms with E-state index in [0.29, 0.717) is 10.3 Å². The molecule has 2 rings (SSSR count). The van der Waals surface area contributed by atoms with Crippen LogP contribution in [0.1, 0.15) is 29.4 Å². The van der Waals surface area contributed by atoms with Gasteiger partial charge in [0.15, 0.2) is 5.78 Å². The number of Topliss-reactive ketones (excluding diaryl/α,β-unsaturated/α-hetero) is 1. The fourth-order valence-electron chi connectivity index (χ4n) is 2.56. The summed E-state index contributed by atoms with van der Waals surface area (Å²) in [6.45, 7) is 4.77. The second-order valence-corrected chi connectivity index (χ2v) is 6.79. The van der Waals surface area contributed by atoms with Crippen molar-refractivity contribution in [1.82, 2.24) is 4.90 Å². The van der Waals surface area contributed by atoms with Gasteiger partial charge in [-0.1, -0.05) is 11.6 Å². The average Bonchev–Trinajstić information content (AvgIpc) is 2.85. The lowest BCUT2D eigenvalue weighted by Gasteiger charge is -2.34. The minimum Gasteiger partial charge on any atom is -0.384 e. The first-order valence-corrected chi connectivity index (χ1v) is 7.83. The quantitative estimate of drug-likeness (QED) is 0.781. The predicted molar refractivity (Wildman–Crippen MR) is 79.3 cm³/mol. The maximum Gasteiger partial charge on any atom is 0.189 e. The highest BCUT2D eigenvalue weighted by Gasteiger charge is 2.27. The third-order valence-electron chi connectivity index (χ3n) is 3.79. The Morgan fingerprint density at radius 2 is 2.21 bits per heavy atom. The molecule has 0 amide bonds. The number of halogens is 1. The SMILES string of the molecule is COCC1CCN(C(C)C(=O)c2ccc(Cl)s2)CC1. The molecule has 0 N–H and O–H groups in total. The Labute approximate surface area is 123 Å². The van der Waals surface area contributed by atoms with Gasteiger partial charge < -0.3 is 4.74 Å². The fraction of sp³-hybridized carbons (Fsp3) is 0.643. The fourth-order valence-corrected chi connectivity index (χ4v) is 3.63. The summed E-state index contributed by atoms with van der Waals surface area (Å²) in [6.07, 6.45) is 2.22. The first-order valence-electron chi connectivity index (χ1n) is 6.64. The lowest BCUT2D eigenvalue weighted by atomic mass is 9.96. The zero-order chi connectivity index (χ0) is 13.8. The van der Waals surface area contributed by atoms with Gasteiger partial charge in [0.05, 0.1) is 15.3 Å². The van der Waals surface area contributed by atoms with E-state index >= 15 is 0 Å². The van der Waals surface area contributed by atoms with E-state index in [1.807, 2.05) is 13.0 Å². The molecule has 0 aromatic carbocycles. The minimum atomic E-state index is -0.0572. The van der Waals surface area contributed by atoms with Crippen molar-refractivity contribution in [3.8, 4) is 0 Å². The summed E-state index contributed by atoms with van der Waals surface area (Å²) >= 11 is 7.25. The number of hydrogen-bond acceptors (Lipinski definition) is 4. The van der Waals surface area contributed by atoms with E-state index in [1.54, 1.807) is 13.2 Å². The summed E-state index contributed by atoms with van der Waals surface area (Å²) in [6, 6.07) is 3.55. The molecule has 5 heteroatoms. The molecule has 2 heterocycles. The van der Waals surface area contributed by atoms with Crippen LogP contribution in [0.25, 0.3) is 0 Å². The zero-order valence-corrected chi connectivity index (χ0v) is 13.0. The number of ether oxygens (including phenoxy) is 1. The summed E-state index contributed by atoms with van der Waals surface area (Å²) in [7, 11) is 1.75. The normalized spacial score (nSPS) is 19.5. The number of nitrogens with zero attached hydrogens (tertiary/aromatic N) is 1. The standard InChI is InChI=1S/C14H20ClNO2S/c1-10(14(17)12-3-4-13(15)19-12)16-7-5-11(6-8-16)9-18-2/h3-4,10-11H,5-9H2,1-2H3. The van der Waals surface area contributed by atoms with Crippen molar-refractivity contribution in [2.45, 2.75) is 25.8 Å². The van der Waals surface area contributed by atoms with Gasteiger partial charge in [-0.2, -0.15) is 0 Å². The Kier molecular flexibility index (Phi) is 5.39. The van der Waals surface area contributed by atoms with Gasteiger partial charge in [-0.05, 0) is 50.9 Å². The van der Waals surface area contributed by atoms with Gasteiger partial charge in [0.1, 0.15) is 0 Å². The van der Waals surface area contributed by atoms with E-state index in [1.165, 1.54) is 11.3 Å². The number of piperidine rings is 1. The predicted octanol–water partition coefficient (Wildman–Crippen LogP) is 3.33. The highest BCUT2D eigenvalue weighted by Crippen LogP contribution is 2.25. The maximum atomic E-state index is 12.3. The molecule has 1 aromatic rings. The molecule has 0 saturated carbocycles. The Morgan fingerprint density at radius 1 is 1.53 bits per heavy atom. The molecule has 1 aromatic heterocycles. The molecule has 1 unspecified atom stereocenters. The van der Waals surface area contributed by atoms with Crippen LogP contribution in [0.15, 0.2) is 12.1 Å². The number of likely N-dealkylation sites (tertiary alicyclic amines) is 1. The molecular weight excluding hydrogens is 282 g/mol. The molecule has 0 bridgehead atoms. The lowest BCUT2D eigenvalue weighted by Crippen LogP contribution is -2.44. The monoisotopic (exact) mass is 301 g/mol. The molecule has 3 nitrogen and oxygen atoms in total. The molecule has 1 fully saturated rings. The highest BCUT2D eigenvalue weighted by molar-refractivity contribution is 7.18. The van der Waals surface area contributed by atoms with Gasteiger partial charge in [-0.25, -0.2) is 0 Å². The second kappa shape index (κ2) is 6.84. The summed E-state index contributed by atoms with van der Waals surface area (Å²) in [5.74, 6) is 0.821. The van der Waals surface area contributed by atoms with E-state index in [-0.39, 0.29) is 11.8 Å². The summed E-state index contributed by atoms with van der Waals surface area (Å²) < 4.78 is 5.87. The molecule has 0 radical (unpaired) electrons. The van der Waals surface area contributed by atoms with Crippen LogP contribution in [0.2, 0.25) is 4.34 Å². The Hall–Kier alpha value is -0.420. The average molecular weight is 302 g/mol. The molecule has 1 aliphatic heterocycles. The number of ketones is 1. The van der Waals surface area contributed by atoms with Gasteiger partial charge in [0.2, 0.25) is 0 Å². The van der Waals surface area contributed by atoms with Crippen LogP contribution >= 0.6 is 22.9 Å². The van der Waals surface area contributed by atoms with E-state index in [2.05, 4.69) is 4.90 Å². The Bertz CT molecular complexity index is 427. The first kappa shape index (κ1) is 15.0. The molecule has 1 aliphatic rings. The number of hydrogen-bond donors (Lipinski definition) is 0. The van der Waals surface area contributed by atoms with Crippen LogP contribution < -0.4 is 0 Å². The number of methoxy groups -OCH3 is 1. The summed E-state index contributed by atoms with van der Waals surface area (Å²) in [5, 5.41) is 0. The second-order valence-electron chi connectivity index (χ2n) is 5.08. The van der Waals surface area contributed by atoms with Crippen molar-refractivity contribution in [2.75, 3.05) is 26.8 Å². The van der Waals surface area contributed by atoms with Crippen molar-refractivity contribution in [3.05, 3.63) is 21.3 Å². The largest absolute Gasteiger partial charge is 0.384 e. The van der Waals surface area contributed by atoms with Gasteiger partial charge in [-0.3, -0.25) is 9.69 Å². The minimum absolute atomic E-state index is 0.0572. The van der Waals surface area contributed by atoms with E-state index in [9.17, 15) is 4.79 Å². The van der Waals surface area contributed by atoms with Gasteiger partial charge in [0, 0.05) is 13.7 Å². The number of rotatable bonds is 5. The van der Waals surface area contributed by atoms with Crippen molar-refractivity contribution in [3.63, 3.8) is 0 Å². The third kappa shape index (κ3) is 3.78. The molecular formula is C14H20ClNO2S. The van der Waals surface area contributed by atoms with Crippen molar-refractivity contribution in [2.24, 2.45) is 5.92 Å². The van der Waals surface area contributed by atoms with Crippen LogP contribution in [-0.2, 0) is 4.74 Å². The van der Waals surface area contributed by atoms with Crippen molar-refractivity contribution >= 4 is 28.7 Å². The van der Waals surface area contributed by atoms with Crippen molar-refractivity contribution in [1.29, 1.82) is 0 Å². The molecule has 106 valence electrons. The van der Waals surface area contributed by atoms with E-state index in [4.69, 9.17) is 16.3 Å². The van der Waals surface area contributed by atoms with E-state index < -0.39 is 0 Å². The highest BCUT2D eigenvalue weighted by atomic mass is 35.5. The van der Waals surface area contributed by atoms with Gasteiger partial charge in [0.25, 0.3) is 0 Å². The molecule has 0 aliphatic carbocycles. The van der Waals surface area contributed by atoms with Crippen molar-refractivity contribution < 1.29 is 9.53 Å². The van der Waals surface area contributed by atoms with Crippen LogP contribution in [0, 0.1) is 5.92 Å². The zero-order valence-electron chi connectivity index (χ0n) is 11.4. The summed E-state index contributed by atoms with van der Waals surface area (Å²) in [4.78, 5) is 15.4. The van der Waals surface area contributed by atoms with Crippen LogP contribution in [0.3, 0.4) is 0 Å². The number of carbonyl (C=O) groups excluding carboxylic acids is 1. The molecule has 1 atom stereocenters. The van der Waals surface area contributed by atoms with Gasteiger partial charge >= 0.3 is 0 Å². The lowest BCUT2D eigenvalue weighted by molar-refractivity contribution is 0.0664. The number of thiophene rings is 1. The topological polar surface area (TPSA) is 29.5 Å². The summed E-state index contributed by atoms with van der Waals surface area (Å²) in [5.41, 5.74) is 0. The third-order valence-corrected chi connectivity index (χ3v) is 5.04. The van der Waals surface area contributed by atoms with Crippen LogP contribution in [0.5, 0.6) is 0 Å². The Morgan fingerprint density at radius 3 is 2.74 bits per heavy atom. The van der Waals surface area contributed by atoms with Crippen LogP contribution in [0.4, 0.5) is 0 Å². The van der Waals surface area contributed by atoms with Crippen LogP contribution in [-0.4, -0.2) is 43.5 Å². The number of carbonyl (C=O) groups is 1. The molecule has 19 heavy (non-hydrogen) atoms.